The minimum Gasteiger partial charge on any atom is -0.387 e. The van der Waals surface area contributed by atoms with Crippen molar-refractivity contribution in [2.75, 3.05) is 13.2 Å². The first kappa shape index (κ1) is 26.6. The molecular weight excluding hydrogens is 480 g/mol. The van der Waals surface area contributed by atoms with E-state index in [1.54, 1.807) is 0 Å². The van der Waals surface area contributed by atoms with Crippen LogP contribution in [-0.4, -0.2) is 131 Å². The standard InChI is InChI=1S/C12H22O17S2/c13-5-3(1-25-30(19,20)21)28-12(9(17)6(5)14)29-10-4(2-26-31(22,23)24)27-11(18)8(16)7(10)15/h3-18H,1-2H2,(H,19,20,21)(H,22,23,24)/t3-,4-,5+,6+,7-,8-,9-,10-,11-,12+/m1/s1. The van der Waals surface area contributed by atoms with E-state index in [1.807, 2.05) is 0 Å². The van der Waals surface area contributed by atoms with E-state index < -0.39 is 95.4 Å². The minimum atomic E-state index is -5.00. The Morgan fingerprint density at radius 3 is 1.68 bits per heavy atom. The summed E-state index contributed by atoms with van der Waals surface area (Å²) in [6.07, 6.45) is -19.2. The van der Waals surface area contributed by atoms with E-state index in [2.05, 4.69) is 8.37 Å². The highest BCUT2D eigenvalue weighted by Crippen LogP contribution is 2.29. The topological polar surface area (TPSA) is 276 Å². The molecule has 0 amide bonds. The third-order valence-electron chi connectivity index (χ3n) is 4.38. The van der Waals surface area contributed by atoms with E-state index in [9.17, 15) is 47.5 Å². The monoisotopic (exact) mass is 502 g/mol. The van der Waals surface area contributed by atoms with Crippen molar-refractivity contribution in [3.63, 3.8) is 0 Å². The molecule has 0 aromatic carbocycles. The van der Waals surface area contributed by atoms with E-state index in [0.29, 0.717) is 0 Å². The fourth-order valence-corrected chi connectivity index (χ4v) is 3.46. The molecule has 184 valence electrons. The number of aliphatic hydroxyl groups is 6. The summed E-state index contributed by atoms with van der Waals surface area (Å²) in [5.74, 6) is 0. The second kappa shape index (κ2) is 10.1. The lowest BCUT2D eigenvalue weighted by Gasteiger charge is -2.45. The second-order valence-corrected chi connectivity index (χ2v) is 8.77. The molecule has 10 atom stereocenters. The van der Waals surface area contributed by atoms with Crippen molar-refractivity contribution in [3.05, 3.63) is 0 Å². The van der Waals surface area contributed by atoms with Crippen LogP contribution in [0.1, 0.15) is 0 Å². The minimum absolute atomic E-state index is 1.04. The number of aliphatic hydroxyl groups excluding tert-OH is 6. The van der Waals surface area contributed by atoms with E-state index in [0.717, 1.165) is 0 Å². The smallest absolute Gasteiger partial charge is 0.387 e. The molecule has 0 bridgehead atoms. The molecule has 0 aromatic heterocycles. The summed E-state index contributed by atoms with van der Waals surface area (Å²) in [5.41, 5.74) is 0. The van der Waals surface area contributed by atoms with Crippen LogP contribution in [0.3, 0.4) is 0 Å². The first-order valence-corrected chi connectivity index (χ1v) is 11.1. The number of ether oxygens (including phenoxy) is 3. The Hall–Kier alpha value is -0.620. The third kappa shape index (κ3) is 7.18. The highest BCUT2D eigenvalue weighted by atomic mass is 32.3. The Morgan fingerprint density at radius 2 is 1.16 bits per heavy atom. The zero-order valence-corrected chi connectivity index (χ0v) is 16.9. The molecule has 31 heavy (non-hydrogen) atoms. The van der Waals surface area contributed by atoms with Gasteiger partial charge in [-0.2, -0.15) is 16.8 Å². The van der Waals surface area contributed by atoms with Gasteiger partial charge in [-0.3, -0.25) is 9.11 Å². The fourth-order valence-electron chi connectivity index (χ4n) is 2.85. The zero-order valence-electron chi connectivity index (χ0n) is 15.3. The Labute approximate surface area is 175 Å². The molecule has 2 fully saturated rings. The van der Waals surface area contributed by atoms with Crippen molar-refractivity contribution in [2.45, 2.75) is 61.4 Å². The predicted molar refractivity (Wildman–Crippen MR) is 89.4 cm³/mol. The summed E-state index contributed by atoms with van der Waals surface area (Å²) in [7, 11) is -9.97. The quantitative estimate of drug-likeness (QED) is 0.143. The van der Waals surface area contributed by atoms with Crippen LogP contribution in [-0.2, 0) is 43.4 Å². The molecule has 0 aromatic rings. The van der Waals surface area contributed by atoms with Gasteiger partial charge in [0.15, 0.2) is 12.6 Å². The molecular formula is C12H22O17S2. The summed E-state index contributed by atoms with van der Waals surface area (Å²) in [5, 5.41) is 59.4. The van der Waals surface area contributed by atoms with E-state index >= 15 is 0 Å². The van der Waals surface area contributed by atoms with E-state index in [1.165, 1.54) is 0 Å². The molecule has 0 spiro atoms. The van der Waals surface area contributed by atoms with Crippen LogP contribution in [0.15, 0.2) is 0 Å². The lowest BCUT2D eigenvalue weighted by molar-refractivity contribution is -0.354. The maximum Gasteiger partial charge on any atom is 0.397 e. The average molecular weight is 502 g/mol. The summed E-state index contributed by atoms with van der Waals surface area (Å²) < 4.78 is 83.5. The van der Waals surface area contributed by atoms with Crippen molar-refractivity contribution in [1.29, 1.82) is 0 Å². The van der Waals surface area contributed by atoms with Gasteiger partial charge in [0.05, 0.1) is 13.2 Å². The summed E-state index contributed by atoms with van der Waals surface area (Å²) in [6.45, 7) is -2.09. The largest absolute Gasteiger partial charge is 0.397 e. The Kier molecular flexibility index (Phi) is 8.68. The lowest BCUT2D eigenvalue weighted by atomic mass is 9.97. The molecule has 2 rings (SSSR count). The maximum atomic E-state index is 10.8. The molecule has 19 heteroatoms. The van der Waals surface area contributed by atoms with Gasteiger partial charge in [-0.1, -0.05) is 0 Å². The highest BCUT2D eigenvalue weighted by Gasteiger charge is 2.50. The van der Waals surface area contributed by atoms with Gasteiger partial charge in [-0.05, 0) is 0 Å². The Bertz CT molecular complexity index is 800. The third-order valence-corrected chi connectivity index (χ3v) is 5.25. The van der Waals surface area contributed by atoms with Gasteiger partial charge in [0.1, 0.15) is 48.8 Å². The Morgan fingerprint density at radius 1 is 0.645 bits per heavy atom. The van der Waals surface area contributed by atoms with Crippen LogP contribution in [0.25, 0.3) is 0 Å². The normalized spacial score (nSPS) is 42.5. The fraction of sp³-hybridized carbons (Fsp3) is 1.00. The maximum absolute atomic E-state index is 10.8. The van der Waals surface area contributed by atoms with Gasteiger partial charge in [0.2, 0.25) is 0 Å². The van der Waals surface area contributed by atoms with Crippen molar-refractivity contribution < 1.29 is 79.2 Å². The van der Waals surface area contributed by atoms with Gasteiger partial charge < -0.3 is 44.8 Å². The lowest BCUT2D eigenvalue weighted by Crippen LogP contribution is -2.64. The summed E-state index contributed by atoms with van der Waals surface area (Å²) in [4.78, 5) is 0. The van der Waals surface area contributed by atoms with Crippen LogP contribution in [0.4, 0.5) is 0 Å². The molecule has 8 N–H and O–H groups in total. The molecule has 0 saturated carbocycles. The van der Waals surface area contributed by atoms with Gasteiger partial charge in [0, 0.05) is 0 Å². The Balaban J connectivity index is 2.19. The SMILES string of the molecule is O=S(=O)(O)OC[C@H]1O[C@@H](O[C@H]2[C@H](O)[C@@H](O)[C@H](O)O[C@@H]2COS(=O)(=O)O)[C@H](O)[C@@H](O)[C@H]1O. The predicted octanol–water partition coefficient (Wildman–Crippen LogP) is -5.74. The number of rotatable bonds is 8. The molecule has 0 unspecified atom stereocenters. The summed E-state index contributed by atoms with van der Waals surface area (Å²) >= 11 is 0. The van der Waals surface area contributed by atoms with Crippen LogP contribution in [0, 0.1) is 0 Å². The summed E-state index contributed by atoms with van der Waals surface area (Å²) in [6, 6.07) is 0. The molecule has 2 aliphatic rings. The van der Waals surface area contributed by atoms with Crippen LogP contribution < -0.4 is 0 Å². The van der Waals surface area contributed by atoms with Gasteiger partial charge in [-0.15, -0.1) is 0 Å². The molecule has 0 aliphatic carbocycles. The van der Waals surface area contributed by atoms with Crippen molar-refractivity contribution in [1.82, 2.24) is 0 Å². The molecule has 2 aliphatic heterocycles. The first-order chi connectivity index (χ1) is 14.1. The van der Waals surface area contributed by atoms with Gasteiger partial charge in [0.25, 0.3) is 0 Å². The van der Waals surface area contributed by atoms with Gasteiger partial charge >= 0.3 is 20.8 Å². The van der Waals surface area contributed by atoms with E-state index in [-0.39, 0.29) is 0 Å². The molecule has 17 nitrogen and oxygen atoms in total. The van der Waals surface area contributed by atoms with Crippen molar-refractivity contribution in [3.8, 4) is 0 Å². The molecule has 2 saturated heterocycles. The highest BCUT2D eigenvalue weighted by molar-refractivity contribution is 7.81. The number of hydrogen-bond acceptors (Lipinski definition) is 15. The average Bonchev–Trinajstić information content (AvgIpc) is 2.64. The van der Waals surface area contributed by atoms with Crippen LogP contribution in [0.5, 0.6) is 0 Å². The van der Waals surface area contributed by atoms with Crippen molar-refractivity contribution in [2.24, 2.45) is 0 Å². The van der Waals surface area contributed by atoms with Crippen molar-refractivity contribution >= 4 is 20.8 Å². The van der Waals surface area contributed by atoms with Gasteiger partial charge in [-0.25, -0.2) is 8.37 Å². The molecule has 2 heterocycles. The number of hydrogen-bond donors (Lipinski definition) is 8. The van der Waals surface area contributed by atoms with Crippen LogP contribution >= 0.6 is 0 Å². The molecule has 0 radical (unpaired) electrons. The van der Waals surface area contributed by atoms with E-state index in [4.69, 9.17) is 23.3 Å². The van der Waals surface area contributed by atoms with Crippen LogP contribution in [0.2, 0.25) is 0 Å². The zero-order chi connectivity index (χ0) is 23.7. The second-order valence-electron chi connectivity index (χ2n) is 6.59. The first-order valence-electron chi connectivity index (χ1n) is 8.39.